The number of allylic oxidation sites excluding steroid dienone is 2. The summed E-state index contributed by atoms with van der Waals surface area (Å²) in [5.74, 6) is -0.749. The van der Waals surface area contributed by atoms with E-state index in [0.29, 0.717) is 22.3 Å². The van der Waals surface area contributed by atoms with Gasteiger partial charge in [0.15, 0.2) is 0 Å². The van der Waals surface area contributed by atoms with E-state index in [2.05, 4.69) is 26.8 Å². The number of benzene rings is 1. The summed E-state index contributed by atoms with van der Waals surface area (Å²) in [4.78, 5) is 58.9. The fraction of sp³-hybridized carbons (Fsp3) is 0.269. The van der Waals surface area contributed by atoms with Crippen LogP contribution in [0.3, 0.4) is 0 Å². The number of aromatic amines is 1. The molecule has 184 valence electrons. The first kappa shape index (κ1) is 23.7. The molecular formula is C26H25N5O4S. The molecule has 0 unspecified atom stereocenters. The van der Waals surface area contributed by atoms with Crippen molar-refractivity contribution >= 4 is 39.0 Å². The average molecular weight is 504 g/mol. The van der Waals surface area contributed by atoms with Crippen molar-refractivity contribution in [3.05, 3.63) is 85.1 Å². The number of fused-ring (bicyclic) bond motifs is 2. The highest BCUT2D eigenvalue weighted by molar-refractivity contribution is 7.18. The van der Waals surface area contributed by atoms with Gasteiger partial charge in [-0.3, -0.25) is 19.2 Å². The van der Waals surface area contributed by atoms with Gasteiger partial charge in [0, 0.05) is 36.5 Å². The van der Waals surface area contributed by atoms with E-state index < -0.39 is 11.5 Å². The zero-order valence-corrected chi connectivity index (χ0v) is 20.8. The van der Waals surface area contributed by atoms with Crippen LogP contribution in [0.1, 0.15) is 44.7 Å². The van der Waals surface area contributed by atoms with Gasteiger partial charge < -0.3 is 20.9 Å². The molecule has 3 aromatic rings. The molecule has 0 bridgehead atoms. The molecule has 1 aliphatic heterocycles. The van der Waals surface area contributed by atoms with Crippen molar-refractivity contribution in [2.24, 2.45) is 5.73 Å². The number of hydrogen-bond donors (Lipinski definition) is 3. The van der Waals surface area contributed by atoms with Crippen molar-refractivity contribution in [1.82, 2.24) is 20.2 Å². The van der Waals surface area contributed by atoms with Crippen LogP contribution in [0.4, 0.5) is 0 Å². The van der Waals surface area contributed by atoms with Gasteiger partial charge in [-0.1, -0.05) is 24.8 Å². The molecule has 0 spiro atoms. The molecule has 0 atom stereocenters. The highest BCUT2D eigenvalue weighted by Crippen LogP contribution is 2.33. The Morgan fingerprint density at radius 3 is 2.78 bits per heavy atom. The lowest BCUT2D eigenvalue weighted by Gasteiger charge is -2.37. The molecule has 1 aromatic carbocycles. The number of H-pyrrole nitrogens is 1. The number of amides is 1. The van der Waals surface area contributed by atoms with E-state index in [1.807, 2.05) is 18.2 Å². The van der Waals surface area contributed by atoms with Crippen LogP contribution in [0.2, 0.25) is 0 Å². The van der Waals surface area contributed by atoms with Crippen LogP contribution in [-0.4, -0.2) is 38.9 Å². The van der Waals surface area contributed by atoms with Crippen LogP contribution in [-0.2, 0) is 35.5 Å². The summed E-state index contributed by atoms with van der Waals surface area (Å²) in [6.07, 6.45) is 1.05. The van der Waals surface area contributed by atoms with Crippen molar-refractivity contribution in [3.63, 3.8) is 0 Å². The number of aromatic nitrogens is 2. The third kappa shape index (κ3) is 4.03. The summed E-state index contributed by atoms with van der Waals surface area (Å²) in [6.45, 7) is 8.71. The first-order valence-corrected chi connectivity index (χ1v) is 12.3. The molecule has 9 nitrogen and oxygen atoms in total. The van der Waals surface area contributed by atoms with E-state index in [4.69, 9.17) is 5.73 Å². The number of Topliss-reactive ketones (excluding diaryl/α,β-unsaturated/α-hetero) is 2. The molecule has 0 fully saturated rings. The lowest BCUT2D eigenvalue weighted by molar-refractivity contribution is -0.116. The van der Waals surface area contributed by atoms with Crippen LogP contribution in [0.5, 0.6) is 0 Å². The van der Waals surface area contributed by atoms with E-state index in [-0.39, 0.29) is 36.1 Å². The van der Waals surface area contributed by atoms with Gasteiger partial charge in [0.25, 0.3) is 11.5 Å². The van der Waals surface area contributed by atoms with E-state index in [0.717, 1.165) is 40.2 Å². The molecular weight excluding hydrogens is 478 g/mol. The average Bonchev–Trinajstić information content (AvgIpc) is 3.16. The minimum absolute atomic E-state index is 0.00137. The van der Waals surface area contributed by atoms with Crippen LogP contribution in [0.25, 0.3) is 10.2 Å². The number of carbonyl (C=O) groups excluding carboxylic acids is 3. The fourth-order valence-electron chi connectivity index (χ4n) is 4.71. The van der Waals surface area contributed by atoms with Gasteiger partial charge in [0.2, 0.25) is 11.6 Å². The van der Waals surface area contributed by atoms with E-state index in [1.165, 1.54) is 23.8 Å². The third-order valence-corrected chi connectivity index (χ3v) is 7.82. The topological polar surface area (TPSA) is 138 Å². The Kier molecular flexibility index (Phi) is 5.83. The molecule has 10 heteroatoms. The summed E-state index contributed by atoms with van der Waals surface area (Å²) < 4.78 is 0. The Morgan fingerprint density at radius 1 is 1.28 bits per heavy atom. The maximum Gasteiger partial charge on any atom is 0.287 e. The first-order valence-electron chi connectivity index (χ1n) is 11.5. The lowest BCUT2D eigenvalue weighted by Crippen LogP contribution is -2.40. The fourth-order valence-corrected chi connectivity index (χ4v) is 5.96. The lowest BCUT2D eigenvalue weighted by atomic mass is 9.89. The Morgan fingerprint density at radius 2 is 2.06 bits per heavy atom. The molecule has 0 saturated carbocycles. The second kappa shape index (κ2) is 8.87. The minimum Gasteiger partial charge on any atom is -0.394 e. The highest BCUT2D eigenvalue weighted by atomic mass is 32.1. The Labute approximate surface area is 210 Å². The molecule has 36 heavy (non-hydrogen) atoms. The number of nitrogens with two attached hydrogens (primary N) is 1. The van der Waals surface area contributed by atoms with Crippen LogP contribution < -0.4 is 16.6 Å². The maximum absolute atomic E-state index is 12.8. The summed E-state index contributed by atoms with van der Waals surface area (Å²) in [6, 6.07) is 6.03. The number of rotatable bonds is 6. The molecule has 3 heterocycles. The van der Waals surface area contributed by atoms with Crippen LogP contribution in [0.15, 0.2) is 46.5 Å². The molecule has 2 aromatic heterocycles. The molecule has 0 radical (unpaired) electrons. The molecule has 5 rings (SSSR count). The molecule has 2 aliphatic rings. The number of thiophene rings is 1. The quantitative estimate of drug-likeness (QED) is 0.438. The van der Waals surface area contributed by atoms with E-state index >= 15 is 0 Å². The van der Waals surface area contributed by atoms with Crippen molar-refractivity contribution < 1.29 is 14.4 Å². The predicted octanol–water partition coefficient (Wildman–Crippen LogP) is 2.02. The summed E-state index contributed by atoms with van der Waals surface area (Å²) in [5, 5.41) is 3.24. The summed E-state index contributed by atoms with van der Waals surface area (Å²) >= 11 is 1.26. The third-order valence-electron chi connectivity index (χ3n) is 6.64. The van der Waals surface area contributed by atoms with Crippen molar-refractivity contribution in [2.75, 3.05) is 6.54 Å². The van der Waals surface area contributed by atoms with E-state index in [9.17, 15) is 19.2 Å². The van der Waals surface area contributed by atoms with E-state index in [1.54, 1.807) is 6.92 Å². The smallest absolute Gasteiger partial charge is 0.287 e. The number of ketones is 2. The van der Waals surface area contributed by atoms with Gasteiger partial charge in [0.1, 0.15) is 16.3 Å². The predicted molar refractivity (Wildman–Crippen MR) is 136 cm³/mol. The number of aryl methyl sites for hydroxylation is 1. The molecule has 1 amide bonds. The van der Waals surface area contributed by atoms with Gasteiger partial charge >= 0.3 is 0 Å². The van der Waals surface area contributed by atoms with Gasteiger partial charge in [-0.15, -0.1) is 11.3 Å². The Balaban J connectivity index is 1.31. The minimum atomic E-state index is -0.491. The Hall–Kier alpha value is -4.05. The summed E-state index contributed by atoms with van der Waals surface area (Å²) in [7, 11) is 0. The second-order valence-electron chi connectivity index (χ2n) is 9.15. The van der Waals surface area contributed by atoms with Gasteiger partial charge in [-0.05, 0) is 42.5 Å². The van der Waals surface area contributed by atoms with Gasteiger partial charge in [-0.25, -0.2) is 4.98 Å². The number of carbonyl (C=O) groups is 3. The monoisotopic (exact) mass is 503 g/mol. The SMILES string of the molecule is C=C1C(=O)C(N)=C1N1CCc2ccc(CNC(=O)c3nc4sc(CC(C)=O)c(C)c4c(=O)[nH]3)cc2C1. The van der Waals surface area contributed by atoms with Crippen molar-refractivity contribution in [2.45, 2.75) is 39.8 Å². The number of nitrogens with zero attached hydrogens (tertiary/aromatic N) is 2. The second-order valence-corrected chi connectivity index (χ2v) is 10.2. The van der Waals surface area contributed by atoms with Crippen LogP contribution >= 0.6 is 11.3 Å². The standard InChI is InChI=1S/C26H25N5O4S/c1-12(32)8-18-13(2)19-24(34)29-23(30-26(19)36-18)25(35)28-10-15-4-5-16-6-7-31(11-17(16)9-15)21-14(3)22(33)20(21)27/h4-5,9H,3,6-8,10-11,27H2,1-2H3,(H,28,35)(H,29,30,34). The summed E-state index contributed by atoms with van der Waals surface area (Å²) in [5.41, 5.74) is 10.9. The normalized spacial score (nSPS) is 15.2. The maximum atomic E-state index is 12.8. The zero-order valence-electron chi connectivity index (χ0n) is 20.0. The van der Waals surface area contributed by atoms with Gasteiger partial charge in [0.05, 0.1) is 11.1 Å². The number of nitrogens with one attached hydrogen (secondary N) is 2. The largest absolute Gasteiger partial charge is 0.394 e. The zero-order chi connectivity index (χ0) is 25.7. The number of hydrogen-bond acceptors (Lipinski definition) is 8. The molecule has 1 aliphatic carbocycles. The first-order chi connectivity index (χ1) is 17.1. The highest BCUT2D eigenvalue weighted by Gasteiger charge is 2.34. The van der Waals surface area contributed by atoms with Gasteiger partial charge in [-0.2, -0.15) is 0 Å². The Bertz CT molecular complexity index is 1580. The van der Waals surface area contributed by atoms with Crippen molar-refractivity contribution in [1.29, 1.82) is 0 Å². The molecule has 0 saturated heterocycles. The molecule has 4 N–H and O–H groups in total. The van der Waals surface area contributed by atoms with Crippen molar-refractivity contribution in [3.8, 4) is 0 Å². The van der Waals surface area contributed by atoms with Crippen LogP contribution in [0, 0.1) is 6.92 Å².